The van der Waals surface area contributed by atoms with Gasteiger partial charge < -0.3 is 9.84 Å². The molecule has 12 heavy (non-hydrogen) atoms. The maximum Gasteiger partial charge on any atom is 0.335 e. The fraction of sp³-hybridized carbons (Fsp3) is 0.889. The van der Waals surface area contributed by atoms with E-state index in [0.29, 0.717) is 0 Å². The van der Waals surface area contributed by atoms with Crippen LogP contribution in [0.3, 0.4) is 0 Å². The smallest absolute Gasteiger partial charge is 0.335 e. The van der Waals surface area contributed by atoms with Crippen molar-refractivity contribution < 1.29 is 14.6 Å². The average molecular weight is 174 g/mol. The van der Waals surface area contributed by atoms with E-state index in [1.807, 2.05) is 13.8 Å². The van der Waals surface area contributed by atoms with E-state index in [2.05, 4.69) is 0 Å². The quantitative estimate of drug-likeness (QED) is 0.654. The molecule has 0 rings (SSSR count). The Morgan fingerprint density at radius 3 is 2.25 bits per heavy atom. The molecule has 0 bridgehead atoms. The van der Waals surface area contributed by atoms with Gasteiger partial charge in [0.1, 0.15) is 0 Å². The van der Waals surface area contributed by atoms with Crippen LogP contribution in [0.2, 0.25) is 0 Å². The summed E-state index contributed by atoms with van der Waals surface area (Å²) < 4.78 is 4.85. The van der Waals surface area contributed by atoms with Crippen molar-refractivity contribution in [2.24, 2.45) is 5.92 Å². The number of hydrogen-bond acceptors (Lipinski definition) is 3. The maximum atomic E-state index is 11.1. The van der Waals surface area contributed by atoms with Gasteiger partial charge in [-0.25, -0.2) is 4.79 Å². The molecule has 72 valence electrons. The number of aliphatic hydroxyl groups excluding tert-OH is 1. The first-order valence-electron chi connectivity index (χ1n) is 4.37. The van der Waals surface area contributed by atoms with Gasteiger partial charge in [0.25, 0.3) is 0 Å². The van der Waals surface area contributed by atoms with Crippen molar-refractivity contribution in [1.82, 2.24) is 0 Å². The Morgan fingerprint density at radius 1 is 1.42 bits per heavy atom. The first-order chi connectivity index (χ1) is 5.49. The number of ether oxygens (including phenoxy) is 1. The Kier molecular flexibility index (Phi) is 4.90. The molecule has 3 heteroatoms. The molecular weight excluding hydrogens is 156 g/mol. The van der Waals surface area contributed by atoms with Crippen molar-refractivity contribution in [3.63, 3.8) is 0 Å². The highest BCUT2D eigenvalue weighted by Crippen LogP contribution is 2.09. The van der Waals surface area contributed by atoms with Crippen molar-refractivity contribution in [3.05, 3.63) is 0 Å². The summed E-state index contributed by atoms with van der Waals surface area (Å²) in [6, 6.07) is 0. The van der Waals surface area contributed by atoms with Crippen LogP contribution in [0.25, 0.3) is 0 Å². The van der Waals surface area contributed by atoms with Crippen molar-refractivity contribution in [2.45, 2.75) is 46.3 Å². The molecule has 0 saturated heterocycles. The van der Waals surface area contributed by atoms with E-state index in [0.717, 1.165) is 6.42 Å². The van der Waals surface area contributed by atoms with Gasteiger partial charge in [-0.3, -0.25) is 0 Å². The van der Waals surface area contributed by atoms with E-state index in [-0.39, 0.29) is 12.0 Å². The summed E-state index contributed by atoms with van der Waals surface area (Å²) in [5, 5.41) is 9.36. The molecule has 0 amide bonds. The van der Waals surface area contributed by atoms with Crippen molar-refractivity contribution in [2.75, 3.05) is 0 Å². The summed E-state index contributed by atoms with van der Waals surface area (Å²) >= 11 is 0. The molecule has 1 N–H and O–H groups in total. The molecule has 0 radical (unpaired) electrons. The molecule has 0 spiro atoms. The molecule has 0 heterocycles. The van der Waals surface area contributed by atoms with Gasteiger partial charge in [-0.15, -0.1) is 0 Å². The average Bonchev–Trinajstić information content (AvgIpc) is 2.00. The van der Waals surface area contributed by atoms with Crippen LogP contribution in [0.5, 0.6) is 0 Å². The van der Waals surface area contributed by atoms with E-state index in [4.69, 9.17) is 4.74 Å². The number of aliphatic hydroxyl groups is 1. The van der Waals surface area contributed by atoms with Crippen LogP contribution in [0.1, 0.15) is 34.1 Å². The summed E-state index contributed by atoms with van der Waals surface area (Å²) in [5.41, 5.74) is 0. The molecule has 0 aliphatic rings. The lowest BCUT2D eigenvalue weighted by molar-refractivity contribution is -0.160. The van der Waals surface area contributed by atoms with Crippen LogP contribution in [0.15, 0.2) is 0 Å². The fourth-order valence-electron chi connectivity index (χ4n) is 0.758. The third kappa shape index (κ3) is 3.72. The standard InChI is InChI=1S/C9H18O3/c1-5-7(4)8(10)9(11)12-6(2)3/h6-8,10H,5H2,1-4H3/t7-,8?/m1/s1. The monoisotopic (exact) mass is 174 g/mol. The van der Waals surface area contributed by atoms with Gasteiger partial charge in [0.15, 0.2) is 6.10 Å². The van der Waals surface area contributed by atoms with Crippen LogP contribution >= 0.6 is 0 Å². The summed E-state index contributed by atoms with van der Waals surface area (Å²) in [6.45, 7) is 7.28. The lowest BCUT2D eigenvalue weighted by Crippen LogP contribution is -2.31. The number of esters is 1. The second kappa shape index (κ2) is 5.14. The highest BCUT2D eigenvalue weighted by Gasteiger charge is 2.22. The van der Waals surface area contributed by atoms with Crippen LogP contribution in [-0.4, -0.2) is 23.3 Å². The molecular formula is C9H18O3. The second-order valence-corrected chi connectivity index (χ2v) is 3.32. The Bertz CT molecular complexity index is 143. The maximum absolute atomic E-state index is 11.1. The van der Waals surface area contributed by atoms with Crippen molar-refractivity contribution in [1.29, 1.82) is 0 Å². The zero-order valence-corrected chi connectivity index (χ0v) is 8.20. The molecule has 1 unspecified atom stereocenters. The fourth-order valence-corrected chi connectivity index (χ4v) is 0.758. The normalized spacial score (nSPS) is 15.8. The summed E-state index contributed by atoms with van der Waals surface area (Å²) in [7, 11) is 0. The lowest BCUT2D eigenvalue weighted by atomic mass is 10.0. The van der Waals surface area contributed by atoms with E-state index >= 15 is 0 Å². The predicted octanol–water partition coefficient (Wildman–Crippen LogP) is 1.34. The molecule has 0 fully saturated rings. The molecule has 3 nitrogen and oxygen atoms in total. The van der Waals surface area contributed by atoms with Crippen molar-refractivity contribution in [3.8, 4) is 0 Å². The second-order valence-electron chi connectivity index (χ2n) is 3.32. The zero-order valence-electron chi connectivity index (χ0n) is 8.20. The highest BCUT2D eigenvalue weighted by atomic mass is 16.6. The highest BCUT2D eigenvalue weighted by molar-refractivity contribution is 5.74. The van der Waals surface area contributed by atoms with Gasteiger partial charge in [0.05, 0.1) is 6.10 Å². The van der Waals surface area contributed by atoms with Gasteiger partial charge in [-0.1, -0.05) is 20.3 Å². The molecule has 0 aliphatic heterocycles. The Balaban J connectivity index is 3.92. The number of hydrogen-bond donors (Lipinski definition) is 1. The van der Waals surface area contributed by atoms with Gasteiger partial charge in [0.2, 0.25) is 0 Å². The van der Waals surface area contributed by atoms with Crippen molar-refractivity contribution >= 4 is 5.97 Å². The molecule has 2 atom stereocenters. The third-order valence-electron chi connectivity index (χ3n) is 1.78. The summed E-state index contributed by atoms with van der Waals surface area (Å²) in [4.78, 5) is 11.1. The number of carbonyl (C=O) groups excluding carboxylic acids is 1. The zero-order chi connectivity index (χ0) is 9.72. The molecule has 0 aliphatic carbocycles. The van der Waals surface area contributed by atoms with E-state index in [1.165, 1.54) is 0 Å². The van der Waals surface area contributed by atoms with Crippen LogP contribution < -0.4 is 0 Å². The Hall–Kier alpha value is -0.570. The number of carbonyl (C=O) groups is 1. The topological polar surface area (TPSA) is 46.5 Å². The minimum absolute atomic E-state index is 0.0313. The number of rotatable bonds is 4. The lowest BCUT2D eigenvalue weighted by Gasteiger charge is -2.17. The summed E-state index contributed by atoms with van der Waals surface area (Å²) in [6.07, 6.45) is -0.359. The molecule has 0 aromatic carbocycles. The van der Waals surface area contributed by atoms with Crippen LogP contribution in [0.4, 0.5) is 0 Å². The van der Waals surface area contributed by atoms with Crippen LogP contribution in [0, 0.1) is 5.92 Å². The van der Waals surface area contributed by atoms with E-state index < -0.39 is 12.1 Å². The molecule has 0 aromatic rings. The minimum Gasteiger partial charge on any atom is -0.461 e. The van der Waals surface area contributed by atoms with Gasteiger partial charge in [-0.2, -0.15) is 0 Å². The summed E-state index contributed by atoms with van der Waals surface area (Å²) in [5.74, 6) is -0.546. The Morgan fingerprint density at radius 2 is 1.92 bits per heavy atom. The predicted molar refractivity (Wildman–Crippen MR) is 46.7 cm³/mol. The van der Waals surface area contributed by atoms with E-state index in [9.17, 15) is 9.90 Å². The largest absolute Gasteiger partial charge is 0.461 e. The molecule has 0 saturated carbocycles. The third-order valence-corrected chi connectivity index (χ3v) is 1.78. The minimum atomic E-state index is -0.975. The van der Waals surface area contributed by atoms with Crippen LogP contribution in [-0.2, 0) is 9.53 Å². The van der Waals surface area contributed by atoms with E-state index in [1.54, 1.807) is 13.8 Å². The Labute approximate surface area is 73.7 Å². The van der Waals surface area contributed by atoms with Gasteiger partial charge in [-0.05, 0) is 19.8 Å². The molecule has 0 aromatic heterocycles. The first kappa shape index (κ1) is 11.4. The van der Waals surface area contributed by atoms with Gasteiger partial charge >= 0.3 is 5.97 Å². The first-order valence-corrected chi connectivity index (χ1v) is 4.37. The van der Waals surface area contributed by atoms with Gasteiger partial charge in [0, 0.05) is 0 Å². The SMILES string of the molecule is CC[C@@H](C)C(O)C(=O)OC(C)C.